The first-order chi connectivity index (χ1) is 18.1. The number of halogens is 4. The fourth-order valence-electron chi connectivity index (χ4n) is 5.35. The molecule has 2 aliphatic heterocycles. The van der Waals surface area contributed by atoms with Crippen LogP contribution in [-0.4, -0.2) is 59.1 Å². The van der Waals surface area contributed by atoms with Crippen LogP contribution in [0.25, 0.3) is 10.9 Å². The molecule has 1 spiro atoms. The van der Waals surface area contributed by atoms with Crippen molar-refractivity contribution in [3.05, 3.63) is 52.3 Å². The minimum atomic E-state index is -3.21. The second-order valence-electron chi connectivity index (χ2n) is 9.66. The Hall–Kier alpha value is -4.23. The van der Waals surface area contributed by atoms with Gasteiger partial charge in [-0.3, -0.25) is 19.2 Å². The molecule has 3 aromatic rings. The van der Waals surface area contributed by atoms with Crippen molar-refractivity contribution in [1.29, 1.82) is 0 Å². The minimum Gasteiger partial charge on any atom is -0.438 e. The summed E-state index contributed by atoms with van der Waals surface area (Å²) < 4.78 is 64.2. The lowest BCUT2D eigenvalue weighted by molar-refractivity contribution is -0.132. The van der Waals surface area contributed by atoms with Gasteiger partial charge in [-0.2, -0.15) is 8.78 Å². The van der Waals surface area contributed by atoms with E-state index in [1.165, 1.54) is 9.58 Å². The highest BCUT2D eigenvalue weighted by Crippen LogP contribution is 2.46. The molecule has 0 radical (unpaired) electrons. The summed E-state index contributed by atoms with van der Waals surface area (Å²) in [4.78, 5) is 39.1. The first-order valence-electron chi connectivity index (χ1n) is 11.9. The molecule has 3 aliphatic rings. The summed E-state index contributed by atoms with van der Waals surface area (Å²) in [6.07, 6.45) is -3.99. The van der Waals surface area contributed by atoms with Crippen LogP contribution in [0.15, 0.2) is 35.1 Å². The molecule has 3 heterocycles. The molecule has 2 fully saturated rings. The maximum atomic E-state index is 15.3. The minimum absolute atomic E-state index is 0.0997. The van der Waals surface area contributed by atoms with E-state index in [0.717, 1.165) is 17.0 Å². The second kappa shape index (κ2) is 8.39. The number of nitrogen functional groups attached to an aromatic ring is 1. The van der Waals surface area contributed by atoms with Crippen LogP contribution in [0.3, 0.4) is 0 Å². The third-order valence-corrected chi connectivity index (χ3v) is 7.32. The van der Waals surface area contributed by atoms with Gasteiger partial charge in [-0.25, -0.2) is 18.3 Å². The molecule has 200 valence electrons. The Balaban J connectivity index is 1.21. The van der Waals surface area contributed by atoms with Gasteiger partial charge in [0.05, 0.1) is 42.3 Å². The van der Waals surface area contributed by atoms with Gasteiger partial charge < -0.3 is 20.7 Å². The van der Waals surface area contributed by atoms with E-state index in [0.29, 0.717) is 16.6 Å². The highest BCUT2D eigenvalue weighted by Gasteiger charge is 2.64. The van der Waals surface area contributed by atoms with Crippen LogP contribution in [0, 0.1) is 11.6 Å². The molecule has 1 aliphatic carbocycles. The smallest absolute Gasteiger partial charge is 0.415 e. The molecule has 1 saturated heterocycles. The number of hydrogen-bond donors (Lipinski definition) is 2. The Bertz CT molecular complexity index is 1530. The number of carbonyl (C=O) groups is 2. The Labute approximate surface area is 212 Å². The Kier molecular flexibility index (Phi) is 5.33. The van der Waals surface area contributed by atoms with E-state index in [9.17, 15) is 23.2 Å². The SMILES string of the molecule is Nc1ccc2c(c1)c(=O)n1n2CCN(c2c(F)cc(N3CC4(CC4NC(=O)C(F)F)OC3=O)cc2F)CC1. The molecule has 1 saturated carbocycles. The van der Waals surface area contributed by atoms with Crippen LogP contribution in [0.1, 0.15) is 6.42 Å². The molecular formula is C24H22F4N6O4. The number of nitrogens with two attached hydrogens (primary N) is 1. The summed E-state index contributed by atoms with van der Waals surface area (Å²) in [6, 6.07) is 6.22. The fraction of sp³-hybridized carbons (Fsp3) is 0.375. The second-order valence-corrected chi connectivity index (χ2v) is 9.66. The summed E-state index contributed by atoms with van der Waals surface area (Å²) in [7, 11) is 0. The molecule has 3 N–H and O–H groups in total. The molecule has 10 nitrogen and oxygen atoms in total. The lowest BCUT2D eigenvalue weighted by atomic mass is 10.2. The summed E-state index contributed by atoms with van der Waals surface area (Å²) >= 11 is 0. The lowest BCUT2D eigenvalue weighted by Gasteiger charge is -2.24. The number of benzene rings is 2. The number of fused-ring (bicyclic) bond motifs is 3. The topological polar surface area (TPSA) is 115 Å². The number of nitrogens with zero attached hydrogens (tertiary/aromatic N) is 4. The van der Waals surface area contributed by atoms with Gasteiger partial charge in [-0.05, 0) is 18.2 Å². The molecule has 0 bridgehead atoms. The number of alkyl halides is 2. The van der Waals surface area contributed by atoms with Crippen LogP contribution in [0.2, 0.25) is 0 Å². The molecule has 2 atom stereocenters. The quantitative estimate of drug-likeness (QED) is 0.391. The van der Waals surface area contributed by atoms with Crippen LogP contribution in [-0.2, 0) is 22.6 Å². The maximum Gasteiger partial charge on any atom is 0.415 e. The zero-order valence-electron chi connectivity index (χ0n) is 19.8. The zero-order valence-corrected chi connectivity index (χ0v) is 19.8. The number of aromatic nitrogens is 2. The van der Waals surface area contributed by atoms with Crippen molar-refractivity contribution < 1.29 is 31.9 Å². The van der Waals surface area contributed by atoms with E-state index in [2.05, 4.69) is 5.32 Å². The van der Waals surface area contributed by atoms with Gasteiger partial charge in [-0.1, -0.05) is 0 Å². The van der Waals surface area contributed by atoms with Crippen molar-refractivity contribution in [2.45, 2.75) is 37.6 Å². The average molecular weight is 534 g/mol. The zero-order chi connectivity index (χ0) is 26.9. The first kappa shape index (κ1) is 24.1. The third-order valence-electron chi connectivity index (χ3n) is 7.32. The highest BCUT2D eigenvalue weighted by molar-refractivity contribution is 5.92. The van der Waals surface area contributed by atoms with Gasteiger partial charge >= 0.3 is 12.5 Å². The molecule has 1 aromatic heterocycles. The van der Waals surface area contributed by atoms with E-state index >= 15 is 8.78 Å². The van der Waals surface area contributed by atoms with E-state index < -0.39 is 41.7 Å². The predicted octanol–water partition coefficient (Wildman–Crippen LogP) is 2.03. The number of anilines is 3. The summed E-state index contributed by atoms with van der Waals surface area (Å²) in [5.41, 5.74) is 5.09. The Morgan fingerprint density at radius 1 is 1.05 bits per heavy atom. The Morgan fingerprint density at radius 2 is 1.74 bits per heavy atom. The van der Waals surface area contributed by atoms with Crippen LogP contribution < -0.4 is 26.4 Å². The Morgan fingerprint density at radius 3 is 2.42 bits per heavy atom. The van der Waals surface area contributed by atoms with Crippen molar-refractivity contribution in [2.24, 2.45) is 0 Å². The summed E-state index contributed by atoms with van der Waals surface area (Å²) in [5.74, 6) is -3.31. The number of amides is 2. The van der Waals surface area contributed by atoms with E-state index in [4.69, 9.17) is 10.5 Å². The average Bonchev–Trinajstić information content (AvgIpc) is 3.38. The lowest BCUT2D eigenvalue weighted by Crippen LogP contribution is -2.37. The summed E-state index contributed by atoms with van der Waals surface area (Å²) in [6.45, 7) is 0.676. The monoisotopic (exact) mass is 534 g/mol. The number of rotatable bonds is 4. The number of hydrogen-bond acceptors (Lipinski definition) is 6. The number of ether oxygens (including phenoxy) is 1. The van der Waals surface area contributed by atoms with Crippen LogP contribution >= 0.6 is 0 Å². The largest absolute Gasteiger partial charge is 0.438 e. The van der Waals surface area contributed by atoms with E-state index in [1.54, 1.807) is 22.9 Å². The van der Waals surface area contributed by atoms with Gasteiger partial charge in [0.1, 0.15) is 5.69 Å². The highest BCUT2D eigenvalue weighted by atomic mass is 19.3. The normalized spacial score (nSPS) is 22.7. The van der Waals surface area contributed by atoms with Gasteiger partial charge in [0.15, 0.2) is 17.2 Å². The van der Waals surface area contributed by atoms with Gasteiger partial charge in [-0.15, -0.1) is 0 Å². The van der Waals surface area contributed by atoms with Crippen molar-refractivity contribution >= 4 is 40.0 Å². The van der Waals surface area contributed by atoms with Crippen LogP contribution in [0.5, 0.6) is 0 Å². The van der Waals surface area contributed by atoms with Crippen molar-refractivity contribution in [3.63, 3.8) is 0 Å². The fourth-order valence-corrected chi connectivity index (χ4v) is 5.35. The van der Waals surface area contributed by atoms with Gasteiger partial charge in [0, 0.05) is 37.3 Å². The molecule has 6 rings (SSSR count). The molecule has 2 amide bonds. The predicted molar refractivity (Wildman–Crippen MR) is 128 cm³/mol. The number of carbonyl (C=O) groups excluding carboxylic acids is 2. The standard InChI is InChI=1S/C24H22F4N6O4/c25-15-8-13(32-11-24(38-23(32)37)10-18(24)30-21(35)20(27)28)9-16(26)19(15)31-3-5-33-17-2-1-12(29)7-14(17)22(36)34(33)6-4-31/h1-2,7-9,18,20H,3-6,10-11,29H2,(H,30,35). The van der Waals surface area contributed by atoms with Gasteiger partial charge in [0.25, 0.3) is 11.5 Å². The van der Waals surface area contributed by atoms with E-state index in [1.807, 2.05) is 0 Å². The van der Waals surface area contributed by atoms with Crippen molar-refractivity contribution in [3.8, 4) is 0 Å². The number of nitrogens with one attached hydrogen (secondary N) is 1. The van der Waals surface area contributed by atoms with Crippen LogP contribution in [0.4, 0.5) is 39.4 Å². The van der Waals surface area contributed by atoms with Crippen molar-refractivity contribution in [2.75, 3.05) is 35.2 Å². The molecule has 2 unspecified atom stereocenters. The molecule has 2 aromatic carbocycles. The molecule has 38 heavy (non-hydrogen) atoms. The summed E-state index contributed by atoms with van der Waals surface area (Å²) in [5, 5.41) is 2.58. The van der Waals surface area contributed by atoms with Gasteiger partial charge in [0.2, 0.25) is 0 Å². The molecular weight excluding hydrogens is 512 g/mol. The maximum absolute atomic E-state index is 15.3. The van der Waals surface area contributed by atoms with E-state index in [-0.39, 0.29) is 56.1 Å². The first-order valence-corrected chi connectivity index (χ1v) is 11.9. The van der Waals surface area contributed by atoms with Crippen molar-refractivity contribution in [1.82, 2.24) is 14.7 Å². The third kappa shape index (κ3) is 3.73. The molecule has 14 heteroatoms.